The van der Waals surface area contributed by atoms with Gasteiger partial charge in [-0.05, 0) is 25.5 Å². The molecular formula is C15H21F2NO2. The van der Waals surface area contributed by atoms with Crippen molar-refractivity contribution in [3.05, 3.63) is 34.9 Å². The highest BCUT2D eigenvalue weighted by Gasteiger charge is 2.42. The van der Waals surface area contributed by atoms with E-state index in [9.17, 15) is 8.78 Å². The summed E-state index contributed by atoms with van der Waals surface area (Å²) < 4.78 is 39.4. The molecule has 1 atom stereocenters. The molecule has 2 rings (SSSR count). The molecule has 0 saturated carbocycles. The van der Waals surface area contributed by atoms with E-state index in [-0.39, 0.29) is 5.56 Å². The van der Waals surface area contributed by atoms with Gasteiger partial charge >= 0.3 is 0 Å². The van der Waals surface area contributed by atoms with Crippen LogP contribution in [0.1, 0.15) is 36.9 Å². The molecule has 0 amide bonds. The first-order valence-corrected chi connectivity index (χ1v) is 6.93. The fraction of sp³-hybridized carbons (Fsp3) is 0.600. The minimum absolute atomic E-state index is 0.0830. The Labute approximate surface area is 118 Å². The molecule has 1 fully saturated rings. The van der Waals surface area contributed by atoms with Crippen molar-refractivity contribution in [3.8, 4) is 0 Å². The lowest BCUT2D eigenvalue weighted by molar-refractivity contribution is -0.122. The van der Waals surface area contributed by atoms with Crippen molar-refractivity contribution in [2.45, 2.75) is 38.3 Å². The highest BCUT2D eigenvalue weighted by Crippen LogP contribution is 2.38. The second-order valence-corrected chi connectivity index (χ2v) is 5.18. The van der Waals surface area contributed by atoms with Crippen LogP contribution in [0.3, 0.4) is 0 Å². The van der Waals surface area contributed by atoms with E-state index in [1.54, 1.807) is 6.92 Å². The Morgan fingerprint density at radius 2 is 2.00 bits per heavy atom. The van der Waals surface area contributed by atoms with Crippen molar-refractivity contribution >= 4 is 0 Å². The summed E-state index contributed by atoms with van der Waals surface area (Å²) in [5.74, 6) is -1.20. The standard InChI is InChI=1S/C15H21F2NO2/c1-3-20-15(6-8-19-9-7-15)14(18)12-11(16)5-4-10(2)13(12)17/h4-5,14H,3,6-9,18H2,1-2H3. The first kappa shape index (κ1) is 15.4. The van der Waals surface area contributed by atoms with Crippen LogP contribution in [0.15, 0.2) is 12.1 Å². The number of hydrogen-bond donors (Lipinski definition) is 1. The zero-order chi connectivity index (χ0) is 14.8. The molecule has 3 nitrogen and oxygen atoms in total. The monoisotopic (exact) mass is 285 g/mol. The summed E-state index contributed by atoms with van der Waals surface area (Å²) in [7, 11) is 0. The Kier molecular flexibility index (Phi) is 4.73. The fourth-order valence-corrected chi connectivity index (χ4v) is 2.78. The van der Waals surface area contributed by atoms with Crippen LogP contribution in [0.2, 0.25) is 0 Å². The van der Waals surface area contributed by atoms with E-state index in [2.05, 4.69) is 0 Å². The number of halogens is 2. The molecule has 0 radical (unpaired) electrons. The number of aryl methyl sites for hydroxylation is 1. The maximum absolute atomic E-state index is 14.3. The second-order valence-electron chi connectivity index (χ2n) is 5.18. The SMILES string of the molecule is CCOC1(C(N)c2c(F)ccc(C)c2F)CCOCC1. The Morgan fingerprint density at radius 3 is 2.60 bits per heavy atom. The van der Waals surface area contributed by atoms with Gasteiger partial charge in [0.15, 0.2) is 0 Å². The molecule has 1 saturated heterocycles. The van der Waals surface area contributed by atoms with Gasteiger partial charge in [0.25, 0.3) is 0 Å². The van der Waals surface area contributed by atoms with Crippen LogP contribution in [-0.4, -0.2) is 25.4 Å². The van der Waals surface area contributed by atoms with Crippen molar-refractivity contribution in [3.63, 3.8) is 0 Å². The predicted octanol–water partition coefficient (Wildman–Crippen LogP) is 2.86. The maximum atomic E-state index is 14.3. The van der Waals surface area contributed by atoms with Crippen molar-refractivity contribution in [2.24, 2.45) is 5.73 Å². The smallest absolute Gasteiger partial charge is 0.133 e. The molecule has 112 valence electrons. The van der Waals surface area contributed by atoms with Gasteiger partial charge in [0, 0.05) is 38.2 Å². The van der Waals surface area contributed by atoms with E-state index in [4.69, 9.17) is 15.2 Å². The number of nitrogens with two attached hydrogens (primary N) is 1. The molecule has 1 unspecified atom stereocenters. The van der Waals surface area contributed by atoms with Crippen molar-refractivity contribution in [1.82, 2.24) is 0 Å². The zero-order valence-electron chi connectivity index (χ0n) is 11.9. The van der Waals surface area contributed by atoms with Crippen LogP contribution in [0.25, 0.3) is 0 Å². The van der Waals surface area contributed by atoms with Crippen molar-refractivity contribution < 1.29 is 18.3 Å². The summed E-state index contributed by atoms with van der Waals surface area (Å²) in [4.78, 5) is 0. The number of benzene rings is 1. The third-order valence-electron chi connectivity index (χ3n) is 3.97. The van der Waals surface area contributed by atoms with Gasteiger partial charge in [0.05, 0.1) is 11.6 Å². The molecule has 1 heterocycles. The lowest BCUT2D eigenvalue weighted by Crippen LogP contribution is -2.48. The lowest BCUT2D eigenvalue weighted by atomic mass is 9.81. The molecule has 5 heteroatoms. The largest absolute Gasteiger partial charge is 0.381 e. The van der Waals surface area contributed by atoms with Crippen molar-refractivity contribution in [1.29, 1.82) is 0 Å². The van der Waals surface area contributed by atoms with Crippen LogP contribution in [0.5, 0.6) is 0 Å². The van der Waals surface area contributed by atoms with Gasteiger partial charge in [-0.3, -0.25) is 0 Å². The topological polar surface area (TPSA) is 44.5 Å². The summed E-state index contributed by atoms with van der Waals surface area (Å²) in [6, 6.07) is 1.83. The molecule has 1 aliphatic heterocycles. The van der Waals surface area contributed by atoms with Crippen LogP contribution in [0, 0.1) is 18.6 Å². The molecule has 1 aromatic rings. The molecular weight excluding hydrogens is 264 g/mol. The zero-order valence-corrected chi connectivity index (χ0v) is 11.9. The van der Waals surface area contributed by atoms with E-state index in [1.165, 1.54) is 12.1 Å². The molecule has 0 aromatic heterocycles. The minimum atomic E-state index is -0.841. The van der Waals surface area contributed by atoms with E-state index < -0.39 is 23.3 Å². The fourth-order valence-electron chi connectivity index (χ4n) is 2.78. The molecule has 1 aliphatic rings. The normalized spacial score (nSPS) is 19.9. The van der Waals surface area contributed by atoms with Gasteiger partial charge in [0.2, 0.25) is 0 Å². The molecule has 0 aliphatic carbocycles. The molecule has 0 spiro atoms. The van der Waals surface area contributed by atoms with Crippen LogP contribution in [0.4, 0.5) is 8.78 Å². The van der Waals surface area contributed by atoms with Crippen LogP contribution in [-0.2, 0) is 9.47 Å². The summed E-state index contributed by atoms with van der Waals surface area (Å²) in [6.07, 6.45) is 1.07. The Bertz CT molecular complexity index is 468. The molecule has 1 aromatic carbocycles. The average Bonchev–Trinajstić information content (AvgIpc) is 2.44. The third kappa shape index (κ3) is 2.71. The van der Waals surface area contributed by atoms with E-state index in [1.807, 2.05) is 6.92 Å². The third-order valence-corrected chi connectivity index (χ3v) is 3.97. The number of hydrogen-bond acceptors (Lipinski definition) is 3. The number of rotatable bonds is 4. The quantitative estimate of drug-likeness (QED) is 0.925. The summed E-state index contributed by atoms with van der Waals surface area (Å²) >= 11 is 0. The van der Waals surface area contributed by atoms with Crippen LogP contribution >= 0.6 is 0 Å². The molecule has 0 bridgehead atoms. The highest BCUT2D eigenvalue weighted by atomic mass is 19.1. The Hall–Kier alpha value is -1.04. The van der Waals surface area contributed by atoms with Gasteiger partial charge < -0.3 is 15.2 Å². The van der Waals surface area contributed by atoms with E-state index >= 15 is 0 Å². The summed E-state index contributed by atoms with van der Waals surface area (Å²) in [5.41, 5.74) is 5.74. The first-order valence-electron chi connectivity index (χ1n) is 6.93. The van der Waals surface area contributed by atoms with Gasteiger partial charge in [-0.15, -0.1) is 0 Å². The Morgan fingerprint density at radius 1 is 1.35 bits per heavy atom. The molecule has 20 heavy (non-hydrogen) atoms. The number of ether oxygens (including phenoxy) is 2. The average molecular weight is 285 g/mol. The lowest BCUT2D eigenvalue weighted by Gasteiger charge is -2.41. The van der Waals surface area contributed by atoms with Crippen molar-refractivity contribution in [2.75, 3.05) is 19.8 Å². The van der Waals surface area contributed by atoms with E-state index in [0.717, 1.165) is 0 Å². The Balaban J connectivity index is 2.42. The van der Waals surface area contributed by atoms with E-state index in [0.29, 0.717) is 38.2 Å². The predicted molar refractivity (Wildman–Crippen MR) is 72.4 cm³/mol. The summed E-state index contributed by atoms with van der Waals surface area (Å²) in [6.45, 7) is 4.88. The maximum Gasteiger partial charge on any atom is 0.133 e. The summed E-state index contributed by atoms with van der Waals surface area (Å²) in [5, 5.41) is 0. The van der Waals surface area contributed by atoms with Gasteiger partial charge in [-0.25, -0.2) is 8.78 Å². The van der Waals surface area contributed by atoms with Gasteiger partial charge in [-0.1, -0.05) is 6.07 Å². The minimum Gasteiger partial charge on any atom is -0.381 e. The van der Waals surface area contributed by atoms with Gasteiger partial charge in [0.1, 0.15) is 11.6 Å². The second kappa shape index (κ2) is 6.16. The van der Waals surface area contributed by atoms with Crippen LogP contribution < -0.4 is 5.73 Å². The first-order chi connectivity index (χ1) is 9.52. The van der Waals surface area contributed by atoms with Gasteiger partial charge in [-0.2, -0.15) is 0 Å². The molecule has 2 N–H and O–H groups in total. The highest BCUT2D eigenvalue weighted by molar-refractivity contribution is 5.31.